The van der Waals surface area contributed by atoms with Gasteiger partial charge in [0, 0.05) is 49.4 Å². The number of methoxy groups -OCH3 is 2. The summed E-state index contributed by atoms with van der Waals surface area (Å²) in [5.74, 6) is 3.20. The minimum atomic E-state index is 0.424. The highest BCUT2D eigenvalue weighted by atomic mass is 35.5. The van der Waals surface area contributed by atoms with Crippen molar-refractivity contribution in [2.75, 3.05) is 57.2 Å². The molecular weight excluding hydrogens is 511 g/mol. The third kappa shape index (κ3) is 5.23. The van der Waals surface area contributed by atoms with Gasteiger partial charge < -0.3 is 24.6 Å². The molecule has 0 bridgehead atoms. The highest BCUT2D eigenvalue weighted by molar-refractivity contribution is 6.41. The lowest BCUT2D eigenvalue weighted by atomic mass is 10.0. The lowest BCUT2D eigenvalue weighted by Crippen LogP contribution is -2.46. The van der Waals surface area contributed by atoms with E-state index in [9.17, 15) is 0 Å². The minimum absolute atomic E-state index is 0.424. The third-order valence-corrected chi connectivity index (χ3v) is 7.38. The molecule has 4 aromatic rings. The largest absolute Gasteiger partial charge is 0.495 e. The second kappa shape index (κ2) is 11.0. The van der Waals surface area contributed by atoms with Gasteiger partial charge in [-0.1, -0.05) is 42.3 Å². The van der Waals surface area contributed by atoms with Crippen molar-refractivity contribution in [1.29, 1.82) is 0 Å². The Hall–Kier alpha value is -3.33. The summed E-state index contributed by atoms with van der Waals surface area (Å²) in [5, 5.41) is 14.8. The molecule has 1 aliphatic rings. The van der Waals surface area contributed by atoms with E-state index < -0.39 is 0 Å². The van der Waals surface area contributed by atoms with Crippen molar-refractivity contribution < 1.29 is 9.47 Å². The Morgan fingerprint density at radius 3 is 2.19 bits per heavy atom. The summed E-state index contributed by atoms with van der Waals surface area (Å²) in [6, 6.07) is 13.5. The van der Waals surface area contributed by atoms with Crippen molar-refractivity contribution in [1.82, 2.24) is 20.1 Å². The number of benzene rings is 2. The van der Waals surface area contributed by atoms with Crippen LogP contribution in [0, 0.1) is 0 Å². The number of aromatic nitrogens is 3. The molecule has 0 aliphatic carbocycles. The maximum absolute atomic E-state index is 6.61. The number of rotatable bonds is 7. The van der Waals surface area contributed by atoms with Crippen molar-refractivity contribution in [3.05, 3.63) is 58.7 Å². The Morgan fingerprint density at radius 2 is 1.57 bits per heavy atom. The first kappa shape index (κ1) is 25.3. The topological polar surface area (TPSA) is 75.6 Å². The number of piperazine rings is 1. The molecule has 10 heteroatoms. The van der Waals surface area contributed by atoms with E-state index in [1.165, 1.54) is 0 Å². The molecule has 0 radical (unpaired) electrons. The normalized spacial score (nSPS) is 14.1. The van der Waals surface area contributed by atoms with E-state index in [2.05, 4.69) is 37.2 Å². The molecule has 5 rings (SSSR count). The van der Waals surface area contributed by atoms with E-state index in [4.69, 9.17) is 32.7 Å². The van der Waals surface area contributed by atoms with Gasteiger partial charge in [-0.3, -0.25) is 0 Å². The van der Waals surface area contributed by atoms with Gasteiger partial charge in [0.25, 0.3) is 0 Å². The van der Waals surface area contributed by atoms with Crippen molar-refractivity contribution in [2.24, 2.45) is 0 Å². The van der Waals surface area contributed by atoms with E-state index in [1.807, 2.05) is 36.4 Å². The molecular formula is C27H28Cl2N6O2. The average molecular weight is 539 g/mol. The first-order valence-corrected chi connectivity index (χ1v) is 12.8. The van der Waals surface area contributed by atoms with Crippen molar-refractivity contribution >= 4 is 51.4 Å². The summed E-state index contributed by atoms with van der Waals surface area (Å²) in [6.07, 6.45) is 1.80. The first-order valence-electron chi connectivity index (χ1n) is 12.1. The molecule has 1 aliphatic heterocycles. The Bertz CT molecular complexity index is 1380. The molecule has 1 fully saturated rings. The number of ether oxygens (including phenoxy) is 2. The summed E-state index contributed by atoms with van der Waals surface area (Å²) in [4.78, 5) is 9.27. The third-order valence-electron chi connectivity index (χ3n) is 6.63. The predicted octanol–water partition coefficient (Wildman–Crippen LogP) is 5.90. The number of halogens is 2. The zero-order valence-corrected chi connectivity index (χ0v) is 22.5. The number of hydrogen-bond acceptors (Lipinski definition) is 8. The van der Waals surface area contributed by atoms with Crippen LogP contribution in [0.5, 0.6) is 11.5 Å². The summed E-state index contributed by atoms with van der Waals surface area (Å²) in [6.45, 7) is 7.29. The molecule has 1 saturated heterocycles. The number of pyridine rings is 1. The standard InChI is InChI=1S/C27H28Cl2N6O2/c1-4-34-9-11-35(12-10-34)24-8-7-22(32-33-24)31-23-14-17-5-6-18(13-19(17)16-30-23)25-26(28)20(36-2)15-21(37-3)27(25)29/h5-8,13-16H,4,9-12H2,1-3H3,(H,30,31,32). The van der Waals surface area contributed by atoms with Crippen LogP contribution in [0.25, 0.3) is 21.9 Å². The van der Waals surface area contributed by atoms with Gasteiger partial charge in [0.15, 0.2) is 11.6 Å². The maximum Gasteiger partial charge on any atom is 0.154 e. The molecule has 8 nitrogen and oxygen atoms in total. The SMILES string of the molecule is CCN1CCN(c2ccc(Nc3cc4ccc(-c5c(Cl)c(OC)cc(OC)c5Cl)cc4cn3)nn2)CC1. The average Bonchev–Trinajstić information content (AvgIpc) is 2.94. The zero-order valence-electron chi connectivity index (χ0n) is 21.0. The minimum Gasteiger partial charge on any atom is -0.495 e. The zero-order chi connectivity index (χ0) is 25.9. The number of nitrogens with zero attached hydrogens (tertiary/aromatic N) is 5. The van der Waals surface area contributed by atoms with E-state index >= 15 is 0 Å². The number of likely N-dealkylation sites (N-methyl/N-ethyl adjacent to an activating group) is 1. The summed E-state index contributed by atoms with van der Waals surface area (Å²) >= 11 is 13.2. The summed E-state index contributed by atoms with van der Waals surface area (Å²) < 4.78 is 10.8. The van der Waals surface area contributed by atoms with Crippen LogP contribution in [0.15, 0.2) is 48.7 Å². The Morgan fingerprint density at radius 1 is 0.838 bits per heavy atom. The predicted molar refractivity (Wildman–Crippen MR) is 150 cm³/mol. The van der Waals surface area contributed by atoms with Gasteiger partial charge in [-0.25, -0.2) is 4.98 Å². The van der Waals surface area contributed by atoms with Crippen molar-refractivity contribution in [2.45, 2.75) is 6.92 Å². The number of fused-ring (bicyclic) bond motifs is 1. The van der Waals surface area contributed by atoms with Crippen LogP contribution in [0.4, 0.5) is 17.5 Å². The molecule has 0 atom stereocenters. The monoisotopic (exact) mass is 538 g/mol. The number of anilines is 3. The van der Waals surface area contributed by atoms with Crippen LogP contribution < -0.4 is 19.7 Å². The van der Waals surface area contributed by atoms with Crippen LogP contribution in [-0.2, 0) is 0 Å². The molecule has 0 unspecified atom stereocenters. The molecule has 1 N–H and O–H groups in total. The molecule has 2 aromatic heterocycles. The van der Waals surface area contributed by atoms with Crippen molar-refractivity contribution in [3.63, 3.8) is 0 Å². The summed E-state index contributed by atoms with van der Waals surface area (Å²) in [5.41, 5.74) is 1.48. The van der Waals surface area contributed by atoms with Crippen LogP contribution in [-0.4, -0.2) is 67.0 Å². The fourth-order valence-electron chi connectivity index (χ4n) is 4.49. The fraction of sp³-hybridized carbons (Fsp3) is 0.296. The van der Waals surface area contributed by atoms with Gasteiger partial charge in [0.2, 0.25) is 0 Å². The van der Waals surface area contributed by atoms with E-state index in [1.54, 1.807) is 26.5 Å². The van der Waals surface area contributed by atoms with Gasteiger partial charge in [0.1, 0.15) is 17.3 Å². The van der Waals surface area contributed by atoms with E-state index in [0.717, 1.165) is 54.9 Å². The number of hydrogen-bond donors (Lipinski definition) is 1. The van der Waals surface area contributed by atoms with E-state index in [0.29, 0.717) is 38.7 Å². The quantitative estimate of drug-likeness (QED) is 0.311. The first-order chi connectivity index (χ1) is 18.0. The molecule has 37 heavy (non-hydrogen) atoms. The van der Waals surface area contributed by atoms with Gasteiger partial charge in [-0.05, 0) is 41.8 Å². The highest BCUT2D eigenvalue weighted by Crippen LogP contribution is 2.46. The molecule has 3 heterocycles. The van der Waals surface area contributed by atoms with E-state index in [-0.39, 0.29) is 0 Å². The Kier molecular flexibility index (Phi) is 7.50. The second-order valence-corrected chi connectivity index (χ2v) is 9.49. The summed E-state index contributed by atoms with van der Waals surface area (Å²) in [7, 11) is 3.12. The molecule has 192 valence electrons. The van der Waals surface area contributed by atoms with Crippen LogP contribution in [0.3, 0.4) is 0 Å². The van der Waals surface area contributed by atoms with Gasteiger partial charge in [-0.15, -0.1) is 10.2 Å². The molecule has 0 amide bonds. The van der Waals surface area contributed by atoms with Crippen LogP contribution in [0.1, 0.15) is 6.92 Å². The van der Waals surface area contributed by atoms with Gasteiger partial charge in [-0.2, -0.15) is 0 Å². The van der Waals surface area contributed by atoms with Gasteiger partial charge >= 0.3 is 0 Å². The smallest absolute Gasteiger partial charge is 0.154 e. The second-order valence-electron chi connectivity index (χ2n) is 8.74. The molecule has 2 aromatic carbocycles. The maximum atomic E-state index is 6.61. The number of nitrogens with one attached hydrogen (secondary N) is 1. The Balaban J connectivity index is 1.35. The van der Waals surface area contributed by atoms with Crippen LogP contribution in [0.2, 0.25) is 10.0 Å². The highest BCUT2D eigenvalue weighted by Gasteiger charge is 2.19. The Labute approximate surface area is 226 Å². The van der Waals surface area contributed by atoms with Crippen molar-refractivity contribution in [3.8, 4) is 22.6 Å². The lowest BCUT2D eigenvalue weighted by Gasteiger charge is -2.34. The molecule has 0 saturated carbocycles. The molecule has 0 spiro atoms. The van der Waals surface area contributed by atoms with Gasteiger partial charge in [0.05, 0.1) is 24.3 Å². The van der Waals surface area contributed by atoms with Crippen LogP contribution >= 0.6 is 23.2 Å². The lowest BCUT2D eigenvalue weighted by molar-refractivity contribution is 0.270. The fourth-order valence-corrected chi connectivity index (χ4v) is 5.21.